The van der Waals surface area contributed by atoms with Gasteiger partial charge in [-0.2, -0.15) is 0 Å². The molecule has 2 aliphatic rings. The highest BCUT2D eigenvalue weighted by Gasteiger charge is 2.56. The summed E-state index contributed by atoms with van der Waals surface area (Å²) in [6.07, 6.45) is 4.18. The lowest BCUT2D eigenvalue weighted by molar-refractivity contribution is -0.152. The largest absolute Gasteiger partial charge is 0.488 e. The quantitative estimate of drug-likeness (QED) is 0.378. The third-order valence-corrected chi connectivity index (χ3v) is 6.31. The number of allylic oxidation sites excluding steroid dienone is 2. The second-order valence-corrected chi connectivity index (χ2v) is 8.77. The standard InChI is InChI=1S/C19H23INO2P/c1-11-14(7-6-10-23-16-9-5-4-8-15(16)20)12(2)21-18(11)17(13(3)24)19(21)22/h4-9,11,13,17-18H,10,24H2,1-3H3/b7-6+/t11-,13+,17+,18+/m0/s1. The maximum absolute atomic E-state index is 12.4. The zero-order valence-corrected chi connectivity index (χ0v) is 17.5. The number of carbonyl (C=O) groups excluding carboxylic acids is 1. The molecular formula is C19H23INO2P. The SMILES string of the molecule is CC1=C(/C=C/COc2ccccc2I)[C@H](C)[C@@H]2[C@@H]([C@@H](C)P)C(=O)N12. The number of fused-ring (bicyclic) bond motifs is 1. The molecule has 1 unspecified atom stereocenters. The predicted molar refractivity (Wildman–Crippen MR) is 109 cm³/mol. The lowest BCUT2D eigenvalue weighted by atomic mass is 9.79. The van der Waals surface area contributed by atoms with Gasteiger partial charge in [0, 0.05) is 11.6 Å². The Morgan fingerprint density at radius 2 is 2.12 bits per heavy atom. The summed E-state index contributed by atoms with van der Waals surface area (Å²) in [4.78, 5) is 14.4. The molecule has 2 aliphatic heterocycles. The van der Waals surface area contributed by atoms with Gasteiger partial charge in [0.25, 0.3) is 0 Å². The Bertz CT molecular complexity index is 713. The normalized spacial score (nSPS) is 27.5. The molecule has 24 heavy (non-hydrogen) atoms. The van der Waals surface area contributed by atoms with Crippen molar-refractivity contribution in [3.05, 3.63) is 51.3 Å². The number of ether oxygens (including phenoxy) is 1. The molecule has 5 atom stereocenters. The van der Waals surface area contributed by atoms with Crippen LogP contribution in [0.25, 0.3) is 0 Å². The van der Waals surface area contributed by atoms with Crippen molar-refractivity contribution in [1.82, 2.24) is 4.90 Å². The first-order valence-electron chi connectivity index (χ1n) is 8.26. The van der Waals surface area contributed by atoms with Crippen molar-refractivity contribution in [3.63, 3.8) is 0 Å². The minimum atomic E-state index is 0.132. The fourth-order valence-electron chi connectivity index (χ4n) is 3.79. The van der Waals surface area contributed by atoms with Crippen molar-refractivity contribution >= 4 is 37.7 Å². The molecule has 128 valence electrons. The van der Waals surface area contributed by atoms with Gasteiger partial charge in [-0.05, 0) is 59.0 Å². The molecule has 2 heterocycles. The molecule has 0 bridgehead atoms. The number of para-hydroxylation sites is 1. The number of β-lactam (4-membered cyclic amide) rings is 1. The van der Waals surface area contributed by atoms with Crippen LogP contribution < -0.4 is 4.74 Å². The van der Waals surface area contributed by atoms with E-state index in [0.29, 0.717) is 24.2 Å². The number of benzene rings is 1. The van der Waals surface area contributed by atoms with Crippen LogP contribution in [0.3, 0.4) is 0 Å². The Hall–Kier alpha value is -0.870. The number of hydrogen-bond donors (Lipinski definition) is 0. The summed E-state index contributed by atoms with van der Waals surface area (Å²) in [5.41, 5.74) is 2.68. The molecule has 0 N–H and O–H groups in total. The number of halogens is 1. The van der Waals surface area contributed by atoms with Crippen molar-refractivity contribution in [2.75, 3.05) is 6.61 Å². The van der Waals surface area contributed by atoms with E-state index in [-0.39, 0.29) is 11.8 Å². The highest BCUT2D eigenvalue weighted by molar-refractivity contribution is 14.1. The molecule has 1 aromatic carbocycles. The third-order valence-electron chi connectivity index (χ3n) is 5.01. The second kappa shape index (κ2) is 7.17. The summed E-state index contributed by atoms with van der Waals surface area (Å²) in [5, 5.41) is 0. The van der Waals surface area contributed by atoms with Crippen molar-refractivity contribution in [2.24, 2.45) is 11.8 Å². The van der Waals surface area contributed by atoms with E-state index < -0.39 is 0 Å². The maximum atomic E-state index is 12.4. The number of hydrogen-bond acceptors (Lipinski definition) is 2. The molecule has 1 fully saturated rings. The second-order valence-electron chi connectivity index (χ2n) is 6.56. The summed E-state index contributed by atoms with van der Waals surface area (Å²) < 4.78 is 6.93. The first-order chi connectivity index (χ1) is 11.4. The van der Waals surface area contributed by atoms with E-state index in [1.165, 1.54) is 5.57 Å². The monoisotopic (exact) mass is 455 g/mol. The lowest BCUT2D eigenvalue weighted by Gasteiger charge is -2.47. The van der Waals surface area contributed by atoms with E-state index in [4.69, 9.17) is 4.74 Å². The number of nitrogens with zero attached hydrogens (tertiary/aromatic N) is 1. The molecule has 3 nitrogen and oxygen atoms in total. The van der Waals surface area contributed by atoms with Crippen molar-refractivity contribution in [1.29, 1.82) is 0 Å². The Kier molecular flexibility index (Phi) is 5.36. The van der Waals surface area contributed by atoms with Crippen molar-refractivity contribution in [3.8, 4) is 5.75 Å². The van der Waals surface area contributed by atoms with Gasteiger partial charge in [0.1, 0.15) is 12.4 Å². The Balaban J connectivity index is 1.66. The van der Waals surface area contributed by atoms with Crippen LogP contribution in [0.15, 0.2) is 47.7 Å². The van der Waals surface area contributed by atoms with Gasteiger partial charge in [0.15, 0.2) is 0 Å². The molecule has 0 radical (unpaired) electrons. The first-order valence-corrected chi connectivity index (χ1v) is 10.0. The van der Waals surface area contributed by atoms with Crippen LogP contribution >= 0.6 is 31.8 Å². The fraction of sp³-hybridized carbons (Fsp3) is 0.421. The van der Waals surface area contributed by atoms with E-state index in [0.717, 1.165) is 15.0 Å². The highest BCUT2D eigenvalue weighted by Crippen LogP contribution is 2.48. The highest BCUT2D eigenvalue weighted by atomic mass is 127. The van der Waals surface area contributed by atoms with Crippen molar-refractivity contribution in [2.45, 2.75) is 32.5 Å². The summed E-state index contributed by atoms with van der Waals surface area (Å²) in [6.45, 7) is 6.92. The van der Waals surface area contributed by atoms with Crippen LogP contribution in [-0.2, 0) is 4.79 Å². The zero-order valence-electron chi connectivity index (χ0n) is 14.2. The topological polar surface area (TPSA) is 29.5 Å². The average molecular weight is 455 g/mol. The van der Waals surface area contributed by atoms with Crippen LogP contribution in [0.4, 0.5) is 0 Å². The van der Waals surface area contributed by atoms with Gasteiger partial charge in [0.2, 0.25) is 5.91 Å². The van der Waals surface area contributed by atoms with Gasteiger partial charge in [-0.3, -0.25) is 4.79 Å². The van der Waals surface area contributed by atoms with Gasteiger partial charge in [0.05, 0.1) is 15.5 Å². The number of rotatable bonds is 5. The molecular weight excluding hydrogens is 432 g/mol. The molecule has 0 saturated carbocycles. The first kappa shape index (κ1) is 17.9. The van der Waals surface area contributed by atoms with E-state index >= 15 is 0 Å². The van der Waals surface area contributed by atoms with Crippen LogP contribution in [0.2, 0.25) is 0 Å². The molecule has 3 rings (SSSR count). The van der Waals surface area contributed by atoms with Gasteiger partial charge < -0.3 is 9.64 Å². The minimum absolute atomic E-state index is 0.132. The van der Waals surface area contributed by atoms with E-state index in [2.05, 4.69) is 58.7 Å². The Morgan fingerprint density at radius 3 is 2.79 bits per heavy atom. The van der Waals surface area contributed by atoms with E-state index in [1.807, 2.05) is 35.2 Å². The Labute approximate surface area is 159 Å². The van der Waals surface area contributed by atoms with Gasteiger partial charge in [-0.15, -0.1) is 9.24 Å². The lowest BCUT2D eigenvalue weighted by Crippen LogP contribution is -2.61. The summed E-state index contributed by atoms with van der Waals surface area (Å²) in [6, 6.07) is 8.32. The van der Waals surface area contributed by atoms with Crippen molar-refractivity contribution < 1.29 is 9.53 Å². The minimum Gasteiger partial charge on any atom is -0.488 e. The molecule has 1 amide bonds. The number of amides is 1. The molecule has 0 spiro atoms. The Morgan fingerprint density at radius 1 is 1.42 bits per heavy atom. The predicted octanol–water partition coefficient (Wildman–Crippen LogP) is 4.24. The molecule has 5 heteroatoms. The average Bonchev–Trinajstić information content (AvgIpc) is 2.72. The van der Waals surface area contributed by atoms with Gasteiger partial charge in [-0.25, -0.2) is 0 Å². The summed E-state index contributed by atoms with van der Waals surface area (Å²) in [7, 11) is 2.79. The van der Waals surface area contributed by atoms with Gasteiger partial charge >= 0.3 is 0 Å². The van der Waals surface area contributed by atoms with Crippen LogP contribution in [-0.4, -0.2) is 29.1 Å². The smallest absolute Gasteiger partial charge is 0.232 e. The van der Waals surface area contributed by atoms with Crippen LogP contribution in [0, 0.1) is 15.4 Å². The molecule has 1 saturated heterocycles. The van der Waals surface area contributed by atoms with E-state index in [9.17, 15) is 4.79 Å². The third kappa shape index (κ3) is 3.03. The summed E-state index contributed by atoms with van der Waals surface area (Å²) >= 11 is 2.28. The maximum Gasteiger partial charge on any atom is 0.232 e. The molecule has 0 aliphatic carbocycles. The fourth-order valence-corrected chi connectivity index (χ4v) is 4.73. The molecule has 1 aromatic rings. The van der Waals surface area contributed by atoms with E-state index in [1.54, 1.807) is 0 Å². The van der Waals surface area contributed by atoms with Gasteiger partial charge in [-0.1, -0.05) is 32.1 Å². The summed E-state index contributed by atoms with van der Waals surface area (Å²) in [5.74, 6) is 1.69. The van der Waals surface area contributed by atoms with Crippen LogP contribution in [0.1, 0.15) is 20.8 Å². The zero-order chi connectivity index (χ0) is 17.4. The number of carbonyl (C=O) groups is 1. The van der Waals surface area contributed by atoms with Crippen LogP contribution in [0.5, 0.6) is 5.75 Å². The molecule has 0 aromatic heterocycles.